The van der Waals surface area contributed by atoms with Gasteiger partial charge < -0.3 is 16.0 Å². The fraction of sp³-hybridized carbons (Fsp3) is 0.211. The van der Waals surface area contributed by atoms with Crippen LogP contribution in [0.1, 0.15) is 18.6 Å². The van der Waals surface area contributed by atoms with E-state index >= 15 is 4.39 Å². The molecule has 1 fully saturated rings. The first-order valence-electron chi connectivity index (χ1n) is 9.50. The van der Waals surface area contributed by atoms with Crippen molar-refractivity contribution in [3.63, 3.8) is 0 Å². The van der Waals surface area contributed by atoms with E-state index in [9.17, 15) is 18.0 Å². The van der Waals surface area contributed by atoms with E-state index in [0.29, 0.717) is 11.0 Å². The third-order valence-electron chi connectivity index (χ3n) is 5.58. The number of rotatable bonds is 4. The van der Waals surface area contributed by atoms with E-state index in [1.807, 2.05) is 0 Å². The Kier molecular flexibility index (Phi) is 4.31. The van der Waals surface area contributed by atoms with E-state index in [0.717, 1.165) is 0 Å². The van der Waals surface area contributed by atoms with Crippen LogP contribution in [0.5, 0.6) is 0 Å². The molecule has 10 nitrogen and oxygen atoms in total. The molecule has 6 N–H and O–H groups in total. The largest absolute Gasteiger partial charge is 0.401 e. The first-order chi connectivity index (χ1) is 15.6. The van der Waals surface area contributed by atoms with Crippen molar-refractivity contribution in [2.24, 2.45) is 5.73 Å². The van der Waals surface area contributed by atoms with Crippen LogP contribution in [0, 0.1) is 5.82 Å². The van der Waals surface area contributed by atoms with E-state index in [-0.39, 0.29) is 40.9 Å². The molecule has 0 saturated heterocycles. The Hall–Kier alpha value is -4.23. The Morgan fingerprint density at radius 3 is 2.67 bits per heavy atom. The molecule has 2 amide bonds. The van der Waals surface area contributed by atoms with Crippen LogP contribution >= 0.6 is 0 Å². The van der Waals surface area contributed by atoms with Crippen LogP contribution in [-0.4, -0.2) is 37.5 Å². The lowest BCUT2D eigenvalue weighted by Gasteiger charge is -2.18. The Balaban J connectivity index is 1.77. The molecule has 3 heterocycles. The van der Waals surface area contributed by atoms with Gasteiger partial charge >= 0.3 is 12.2 Å². The average molecular weight is 462 g/mol. The summed E-state index contributed by atoms with van der Waals surface area (Å²) in [5.74, 6) is -2.07. The SMILES string of the molecule is NC(=O)Nc1noc(C2(C(F)(F)F)CC2)c1-c1ccc(N)c(-c2n[nH]c3ncncc23)c1F. The minimum atomic E-state index is -4.69. The van der Waals surface area contributed by atoms with Gasteiger partial charge in [-0.3, -0.25) is 10.4 Å². The number of nitrogens with two attached hydrogens (primary N) is 2. The molecule has 0 radical (unpaired) electrons. The summed E-state index contributed by atoms with van der Waals surface area (Å²) in [4.78, 5) is 19.3. The number of amides is 2. The third-order valence-corrected chi connectivity index (χ3v) is 5.58. The molecule has 170 valence electrons. The number of carbonyl (C=O) groups is 1. The number of aromatic nitrogens is 5. The van der Waals surface area contributed by atoms with Crippen LogP contribution in [0.3, 0.4) is 0 Å². The van der Waals surface area contributed by atoms with Gasteiger partial charge in [-0.05, 0) is 25.0 Å². The number of alkyl halides is 3. The highest BCUT2D eigenvalue weighted by Crippen LogP contribution is 2.61. The van der Waals surface area contributed by atoms with Crippen LogP contribution in [0.4, 0.5) is 33.9 Å². The third kappa shape index (κ3) is 3.05. The van der Waals surface area contributed by atoms with Gasteiger partial charge in [-0.25, -0.2) is 19.2 Å². The molecule has 14 heteroatoms. The van der Waals surface area contributed by atoms with Crippen molar-refractivity contribution < 1.29 is 26.9 Å². The van der Waals surface area contributed by atoms with Crippen molar-refractivity contribution in [2.45, 2.75) is 24.4 Å². The number of halogens is 4. The number of fused-ring (bicyclic) bond motifs is 1. The maximum atomic E-state index is 15.9. The van der Waals surface area contributed by atoms with Gasteiger partial charge in [0.15, 0.2) is 17.2 Å². The van der Waals surface area contributed by atoms with Crippen molar-refractivity contribution in [3.8, 4) is 22.4 Å². The summed E-state index contributed by atoms with van der Waals surface area (Å²) in [6, 6.07) is 1.36. The zero-order chi connectivity index (χ0) is 23.5. The summed E-state index contributed by atoms with van der Waals surface area (Å²) in [6.45, 7) is 0. The van der Waals surface area contributed by atoms with Gasteiger partial charge in [0.25, 0.3) is 0 Å². The molecule has 0 aliphatic heterocycles. The molecule has 33 heavy (non-hydrogen) atoms. The summed E-state index contributed by atoms with van der Waals surface area (Å²) in [6.07, 6.45) is -2.59. The van der Waals surface area contributed by atoms with E-state index in [2.05, 4.69) is 30.6 Å². The lowest BCUT2D eigenvalue weighted by molar-refractivity contribution is -0.165. The molecular formula is C19H14F4N8O2. The van der Waals surface area contributed by atoms with Crippen LogP contribution in [0.25, 0.3) is 33.4 Å². The smallest absolute Gasteiger partial charge is 0.398 e. The first-order valence-corrected chi connectivity index (χ1v) is 9.50. The van der Waals surface area contributed by atoms with Gasteiger partial charge in [-0.15, -0.1) is 0 Å². The molecule has 3 aromatic heterocycles. The second kappa shape index (κ2) is 6.88. The highest BCUT2D eigenvalue weighted by Gasteiger charge is 2.68. The topological polar surface area (TPSA) is 162 Å². The molecule has 0 unspecified atom stereocenters. The van der Waals surface area contributed by atoms with Gasteiger partial charge in [0.05, 0.1) is 16.5 Å². The molecule has 4 aromatic rings. The van der Waals surface area contributed by atoms with E-state index in [1.165, 1.54) is 24.7 Å². The van der Waals surface area contributed by atoms with Crippen LogP contribution < -0.4 is 16.8 Å². The van der Waals surface area contributed by atoms with Crippen molar-refractivity contribution in [3.05, 3.63) is 36.2 Å². The van der Waals surface area contributed by atoms with Crippen LogP contribution in [-0.2, 0) is 5.41 Å². The van der Waals surface area contributed by atoms with Crippen molar-refractivity contribution >= 4 is 28.6 Å². The van der Waals surface area contributed by atoms with Gasteiger partial charge in [-0.1, -0.05) is 5.16 Å². The number of urea groups is 1. The minimum absolute atomic E-state index is 0.0344. The lowest BCUT2D eigenvalue weighted by atomic mass is 9.92. The number of anilines is 2. The highest BCUT2D eigenvalue weighted by atomic mass is 19.4. The zero-order valence-electron chi connectivity index (χ0n) is 16.5. The number of nitrogen functional groups attached to an aromatic ring is 1. The van der Waals surface area contributed by atoms with Crippen molar-refractivity contribution in [2.75, 3.05) is 11.1 Å². The lowest BCUT2D eigenvalue weighted by Crippen LogP contribution is -2.29. The normalized spacial score (nSPS) is 15.0. The fourth-order valence-corrected chi connectivity index (χ4v) is 3.81. The number of hydrogen-bond acceptors (Lipinski definition) is 7. The fourth-order valence-electron chi connectivity index (χ4n) is 3.81. The number of carbonyl (C=O) groups excluding carboxylic acids is 1. The number of benzene rings is 1. The standard InChI is InChI=1S/C19H14F4N8O2/c20-12-7(1-2-9(24)11(12)13-8-5-26-6-27-15(8)30-29-13)10-14(18(3-4-18)19(21,22)23)33-31-16(10)28-17(25)32/h1-2,5-6H,3-4,24H2,(H3,25,28,31,32)(H,26,27,29,30). The van der Waals surface area contributed by atoms with Gasteiger partial charge in [-0.2, -0.15) is 18.3 Å². The van der Waals surface area contributed by atoms with Gasteiger partial charge in [0.2, 0.25) is 0 Å². The second-order valence-electron chi connectivity index (χ2n) is 7.55. The Bertz CT molecular complexity index is 1410. The number of nitrogens with one attached hydrogen (secondary N) is 2. The summed E-state index contributed by atoms with van der Waals surface area (Å²) >= 11 is 0. The van der Waals surface area contributed by atoms with Crippen LogP contribution in [0.2, 0.25) is 0 Å². The molecular weight excluding hydrogens is 448 g/mol. The average Bonchev–Trinajstić information content (AvgIpc) is 3.32. The summed E-state index contributed by atoms with van der Waals surface area (Å²) in [5, 5.41) is 12.6. The summed E-state index contributed by atoms with van der Waals surface area (Å²) < 4.78 is 62.5. The van der Waals surface area contributed by atoms with Gasteiger partial charge in [0.1, 0.15) is 23.3 Å². The quantitative estimate of drug-likeness (QED) is 0.267. The van der Waals surface area contributed by atoms with E-state index in [1.54, 1.807) is 0 Å². The minimum Gasteiger partial charge on any atom is -0.398 e. The molecule has 5 rings (SSSR count). The molecule has 0 spiro atoms. The summed E-state index contributed by atoms with van der Waals surface area (Å²) in [7, 11) is 0. The van der Waals surface area contributed by atoms with Crippen LogP contribution in [0.15, 0.2) is 29.2 Å². The Labute approximate surface area is 181 Å². The number of primary amides is 1. The molecule has 0 atom stereocenters. The number of H-pyrrole nitrogens is 1. The number of aromatic amines is 1. The molecule has 1 aliphatic rings. The second-order valence-corrected chi connectivity index (χ2v) is 7.55. The highest BCUT2D eigenvalue weighted by molar-refractivity contribution is 5.97. The van der Waals surface area contributed by atoms with Gasteiger partial charge in [0, 0.05) is 17.4 Å². The molecule has 1 aromatic carbocycles. The predicted octanol–water partition coefficient (Wildman–Crippen LogP) is 3.48. The maximum absolute atomic E-state index is 15.9. The number of nitrogens with zero attached hydrogens (tertiary/aromatic N) is 4. The first kappa shape index (κ1) is 20.7. The Morgan fingerprint density at radius 2 is 2.00 bits per heavy atom. The molecule has 0 bridgehead atoms. The predicted molar refractivity (Wildman–Crippen MR) is 107 cm³/mol. The molecule has 1 saturated carbocycles. The molecule has 1 aliphatic carbocycles. The van der Waals surface area contributed by atoms with E-state index in [4.69, 9.17) is 16.0 Å². The summed E-state index contributed by atoms with van der Waals surface area (Å²) in [5.41, 5.74) is 8.21. The van der Waals surface area contributed by atoms with Crippen molar-refractivity contribution in [1.82, 2.24) is 25.3 Å². The van der Waals surface area contributed by atoms with E-state index < -0.39 is 35.0 Å². The monoisotopic (exact) mass is 462 g/mol. The zero-order valence-corrected chi connectivity index (χ0v) is 16.5. The maximum Gasteiger partial charge on any atom is 0.401 e. The number of hydrogen-bond donors (Lipinski definition) is 4. The Morgan fingerprint density at radius 1 is 1.24 bits per heavy atom. The van der Waals surface area contributed by atoms with Crippen molar-refractivity contribution in [1.29, 1.82) is 0 Å².